The molecule has 0 bridgehead atoms. The molecule has 0 radical (unpaired) electrons. The summed E-state index contributed by atoms with van der Waals surface area (Å²) in [5, 5.41) is 3.52. The zero-order valence-corrected chi connectivity index (χ0v) is 13.8. The van der Waals surface area contributed by atoms with Gasteiger partial charge in [-0.3, -0.25) is 9.59 Å². The molecular formula is C17H11Cl2N3O2. The van der Waals surface area contributed by atoms with Crippen molar-refractivity contribution in [3.05, 3.63) is 58.6 Å². The van der Waals surface area contributed by atoms with Crippen molar-refractivity contribution >= 4 is 57.8 Å². The first-order valence-corrected chi connectivity index (χ1v) is 7.79. The van der Waals surface area contributed by atoms with Gasteiger partial charge in [0.1, 0.15) is 0 Å². The summed E-state index contributed by atoms with van der Waals surface area (Å²) in [6.45, 7) is 0. The summed E-state index contributed by atoms with van der Waals surface area (Å²) >= 11 is 11.9. The zero-order valence-electron chi connectivity index (χ0n) is 12.3. The van der Waals surface area contributed by atoms with Gasteiger partial charge in [-0.2, -0.15) is 0 Å². The number of Topliss-reactive ketones (excluding diaryl/α,β-unsaturated/α-hetero) is 1. The fourth-order valence-electron chi connectivity index (χ4n) is 2.13. The van der Waals surface area contributed by atoms with Crippen LogP contribution in [-0.2, 0) is 9.59 Å². The molecule has 1 saturated heterocycles. The van der Waals surface area contributed by atoms with Crippen LogP contribution in [0.2, 0.25) is 10.0 Å². The third-order valence-electron chi connectivity index (χ3n) is 3.21. The number of carbonyl (C=O) groups is 2. The molecule has 1 N–H and O–H groups in total. The Kier molecular flexibility index (Phi) is 4.74. The number of amidine groups is 1. The number of halogens is 2. The van der Waals surface area contributed by atoms with E-state index in [9.17, 15) is 9.59 Å². The molecule has 3 rings (SSSR count). The molecule has 5 nitrogen and oxygen atoms in total. The lowest BCUT2D eigenvalue weighted by Crippen LogP contribution is -2.47. The molecule has 1 fully saturated rings. The standard InChI is InChI=1S/C17H11Cl2N3O2/c18-10-3-1-5-12(7-10)20-14-9-15(23)17(24)22-16(14)21-13-6-2-4-11(19)8-13/h1-8H,9H2,(H,21,22,24). The Bertz CT molecular complexity index is 817. The lowest BCUT2D eigenvalue weighted by molar-refractivity contribution is -0.136. The van der Waals surface area contributed by atoms with Gasteiger partial charge >= 0.3 is 0 Å². The van der Waals surface area contributed by atoms with E-state index in [2.05, 4.69) is 15.3 Å². The number of benzene rings is 2. The van der Waals surface area contributed by atoms with Crippen LogP contribution in [0.1, 0.15) is 6.42 Å². The quantitative estimate of drug-likeness (QED) is 0.826. The third-order valence-corrected chi connectivity index (χ3v) is 3.68. The van der Waals surface area contributed by atoms with E-state index in [0.29, 0.717) is 27.1 Å². The molecule has 2 aromatic carbocycles. The van der Waals surface area contributed by atoms with Crippen LogP contribution in [0.5, 0.6) is 0 Å². The SMILES string of the molecule is O=C1CC(=Nc2cccc(Cl)c2)C(=Nc2cccc(Cl)c2)NC1=O. The van der Waals surface area contributed by atoms with E-state index in [0.717, 1.165) is 0 Å². The van der Waals surface area contributed by atoms with Gasteiger partial charge < -0.3 is 5.32 Å². The van der Waals surface area contributed by atoms with Crippen LogP contribution < -0.4 is 5.32 Å². The molecule has 0 spiro atoms. The van der Waals surface area contributed by atoms with E-state index in [1.54, 1.807) is 48.5 Å². The number of nitrogens with one attached hydrogen (secondary N) is 1. The second-order valence-electron chi connectivity index (χ2n) is 5.03. The Hall–Kier alpha value is -2.50. The van der Waals surface area contributed by atoms with Crippen molar-refractivity contribution in [2.45, 2.75) is 6.42 Å². The summed E-state index contributed by atoms with van der Waals surface area (Å²) in [6, 6.07) is 13.7. The Morgan fingerprint density at radius 3 is 2.04 bits per heavy atom. The predicted molar refractivity (Wildman–Crippen MR) is 94.9 cm³/mol. The summed E-state index contributed by atoms with van der Waals surface area (Å²) in [5.74, 6) is -1.05. The number of piperidine rings is 1. The van der Waals surface area contributed by atoms with Gasteiger partial charge in [0.15, 0.2) is 5.84 Å². The maximum Gasteiger partial charge on any atom is 0.293 e. The summed E-state index contributed by atoms with van der Waals surface area (Å²) in [4.78, 5) is 32.1. The number of hydrogen-bond donors (Lipinski definition) is 1. The summed E-state index contributed by atoms with van der Waals surface area (Å²) in [7, 11) is 0. The first-order chi connectivity index (χ1) is 11.5. The van der Waals surface area contributed by atoms with Gasteiger partial charge in [0, 0.05) is 10.0 Å². The molecule has 1 aliphatic heterocycles. The Morgan fingerprint density at radius 2 is 1.46 bits per heavy atom. The first kappa shape index (κ1) is 16.4. The van der Waals surface area contributed by atoms with Crippen molar-refractivity contribution in [2.24, 2.45) is 9.98 Å². The number of ketones is 1. The van der Waals surface area contributed by atoms with Gasteiger partial charge in [-0.15, -0.1) is 0 Å². The second kappa shape index (κ2) is 6.95. The molecule has 0 atom stereocenters. The van der Waals surface area contributed by atoms with Crippen molar-refractivity contribution in [3.63, 3.8) is 0 Å². The summed E-state index contributed by atoms with van der Waals surface area (Å²) < 4.78 is 0. The molecule has 24 heavy (non-hydrogen) atoms. The molecule has 7 heteroatoms. The van der Waals surface area contributed by atoms with E-state index < -0.39 is 11.7 Å². The van der Waals surface area contributed by atoms with Crippen molar-refractivity contribution in [1.29, 1.82) is 0 Å². The van der Waals surface area contributed by atoms with Gasteiger partial charge in [-0.1, -0.05) is 35.3 Å². The third kappa shape index (κ3) is 3.88. The van der Waals surface area contributed by atoms with Crippen LogP contribution in [0.25, 0.3) is 0 Å². The van der Waals surface area contributed by atoms with E-state index in [1.165, 1.54) is 0 Å². The molecule has 0 aliphatic carbocycles. The Morgan fingerprint density at radius 1 is 0.875 bits per heavy atom. The van der Waals surface area contributed by atoms with E-state index in [1.807, 2.05) is 0 Å². The van der Waals surface area contributed by atoms with E-state index >= 15 is 0 Å². The van der Waals surface area contributed by atoms with Crippen molar-refractivity contribution in [3.8, 4) is 0 Å². The van der Waals surface area contributed by atoms with Gasteiger partial charge in [-0.25, -0.2) is 9.98 Å². The van der Waals surface area contributed by atoms with Crippen molar-refractivity contribution in [1.82, 2.24) is 5.32 Å². The van der Waals surface area contributed by atoms with Crippen LogP contribution in [0.4, 0.5) is 11.4 Å². The van der Waals surface area contributed by atoms with Crippen LogP contribution in [0.15, 0.2) is 58.5 Å². The highest BCUT2D eigenvalue weighted by Crippen LogP contribution is 2.21. The molecular weight excluding hydrogens is 349 g/mol. The minimum atomic E-state index is -0.708. The summed E-state index contributed by atoms with van der Waals surface area (Å²) in [5.41, 5.74) is 1.48. The molecule has 1 amide bonds. The fourth-order valence-corrected chi connectivity index (χ4v) is 2.50. The minimum absolute atomic E-state index is 0.127. The van der Waals surface area contributed by atoms with Gasteiger partial charge in [0.2, 0.25) is 5.78 Å². The van der Waals surface area contributed by atoms with Crippen LogP contribution in [-0.4, -0.2) is 23.2 Å². The lowest BCUT2D eigenvalue weighted by Gasteiger charge is -2.16. The van der Waals surface area contributed by atoms with Crippen molar-refractivity contribution in [2.75, 3.05) is 0 Å². The number of hydrogen-bond acceptors (Lipinski definition) is 4. The topological polar surface area (TPSA) is 70.9 Å². The highest BCUT2D eigenvalue weighted by atomic mass is 35.5. The smallest absolute Gasteiger partial charge is 0.293 e. The second-order valence-corrected chi connectivity index (χ2v) is 5.91. The minimum Gasteiger partial charge on any atom is -0.302 e. The number of amides is 1. The average Bonchev–Trinajstić information content (AvgIpc) is 2.52. The first-order valence-electron chi connectivity index (χ1n) is 7.03. The molecule has 0 saturated carbocycles. The van der Waals surface area contributed by atoms with Crippen molar-refractivity contribution < 1.29 is 9.59 Å². The highest BCUT2D eigenvalue weighted by molar-refractivity contribution is 6.59. The molecule has 2 aromatic rings. The number of rotatable bonds is 2. The Labute approximate surface area is 148 Å². The zero-order chi connectivity index (χ0) is 17.1. The van der Waals surface area contributed by atoms with Crippen LogP contribution in [0, 0.1) is 0 Å². The number of nitrogens with zero attached hydrogens (tertiary/aromatic N) is 2. The molecule has 120 valence electrons. The van der Waals surface area contributed by atoms with Gasteiger partial charge in [0.25, 0.3) is 5.91 Å². The fraction of sp³-hybridized carbons (Fsp3) is 0.0588. The maximum absolute atomic E-state index is 11.7. The van der Waals surface area contributed by atoms with Gasteiger partial charge in [-0.05, 0) is 36.4 Å². The highest BCUT2D eigenvalue weighted by Gasteiger charge is 2.28. The number of aliphatic imine (C=N–C) groups is 2. The van der Waals surface area contributed by atoms with Crippen LogP contribution >= 0.6 is 23.2 Å². The lowest BCUT2D eigenvalue weighted by atomic mass is 10.1. The summed E-state index contributed by atoms with van der Waals surface area (Å²) in [6.07, 6.45) is -0.127. The van der Waals surface area contributed by atoms with E-state index in [-0.39, 0.29) is 12.3 Å². The average molecular weight is 360 g/mol. The predicted octanol–water partition coefficient (Wildman–Crippen LogP) is 3.89. The van der Waals surface area contributed by atoms with Gasteiger partial charge in [0.05, 0.1) is 23.5 Å². The molecule has 1 heterocycles. The molecule has 1 aliphatic rings. The monoisotopic (exact) mass is 359 g/mol. The van der Waals surface area contributed by atoms with E-state index in [4.69, 9.17) is 23.2 Å². The maximum atomic E-state index is 11.7. The largest absolute Gasteiger partial charge is 0.302 e. The molecule has 0 aromatic heterocycles. The molecule has 0 unspecified atom stereocenters. The normalized spacial score (nSPS) is 18.1. The Balaban J connectivity index is 2.03. The van der Waals surface area contributed by atoms with Crippen LogP contribution in [0.3, 0.4) is 0 Å². The number of carbonyl (C=O) groups excluding carboxylic acids is 2.